The van der Waals surface area contributed by atoms with E-state index >= 15 is 0 Å². The molecule has 0 saturated carbocycles. The van der Waals surface area contributed by atoms with Crippen LogP contribution in [-0.4, -0.2) is 7.11 Å². The molecule has 0 spiro atoms. The quantitative estimate of drug-likeness (QED) is 0.719. The van der Waals surface area contributed by atoms with Crippen LogP contribution in [-0.2, 0) is 0 Å². The van der Waals surface area contributed by atoms with Gasteiger partial charge in [-0.25, -0.2) is 0 Å². The van der Waals surface area contributed by atoms with Crippen LogP contribution in [0.3, 0.4) is 0 Å². The SMILES string of the molecule is COc1ccc(C#CC=Cc2ccccc2)cc1. The number of rotatable bonds is 2. The lowest BCUT2D eigenvalue weighted by Crippen LogP contribution is -1.81. The second-order valence-electron chi connectivity index (χ2n) is 3.74. The molecule has 0 fully saturated rings. The van der Waals surface area contributed by atoms with Crippen molar-refractivity contribution in [3.05, 3.63) is 71.8 Å². The Bertz CT molecular complexity index is 569. The Morgan fingerprint density at radius 2 is 1.67 bits per heavy atom. The van der Waals surface area contributed by atoms with E-state index < -0.39 is 0 Å². The molecule has 0 amide bonds. The highest BCUT2D eigenvalue weighted by Crippen LogP contribution is 2.10. The van der Waals surface area contributed by atoms with Gasteiger partial charge in [-0.3, -0.25) is 0 Å². The lowest BCUT2D eigenvalue weighted by Gasteiger charge is -1.97. The van der Waals surface area contributed by atoms with E-state index in [-0.39, 0.29) is 0 Å². The number of allylic oxidation sites excluding steroid dienone is 1. The summed E-state index contributed by atoms with van der Waals surface area (Å²) >= 11 is 0. The fraction of sp³-hybridized carbons (Fsp3) is 0.0588. The zero-order chi connectivity index (χ0) is 12.6. The summed E-state index contributed by atoms with van der Waals surface area (Å²) in [5.41, 5.74) is 2.13. The van der Waals surface area contributed by atoms with E-state index in [4.69, 9.17) is 4.74 Å². The molecule has 0 unspecified atom stereocenters. The molecule has 2 aromatic carbocycles. The Morgan fingerprint density at radius 3 is 2.33 bits per heavy atom. The molecule has 0 bridgehead atoms. The van der Waals surface area contributed by atoms with Gasteiger partial charge in [-0.05, 0) is 42.0 Å². The lowest BCUT2D eigenvalue weighted by atomic mass is 10.2. The van der Waals surface area contributed by atoms with Gasteiger partial charge in [0.1, 0.15) is 5.75 Å². The summed E-state index contributed by atoms with van der Waals surface area (Å²) in [6.45, 7) is 0. The summed E-state index contributed by atoms with van der Waals surface area (Å²) in [4.78, 5) is 0. The van der Waals surface area contributed by atoms with Crippen LogP contribution in [0.2, 0.25) is 0 Å². The van der Waals surface area contributed by atoms with Crippen molar-refractivity contribution in [2.75, 3.05) is 7.11 Å². The van der Waals surface area contributed by atoms with E-state index in [0.717, 1.165) is 16.9 Å². The number of hydrogen-bond donors (Lipinski definition) is 0. The lowest BCUT2D eigenvalue weighted by molar-refractivity contribution is 0.415. The van der Waals surface area contributed by atoms with Crippen LogP contribution in [0.4, 0.5) is 0 Å². The van der Waals surface area contributed by atoms with Crippen molar-refractivity contribution in [3.63, 3.8) is 0 Å². The second kappa shape index (κ2) is 6.32. The maximum absolute atomic E-state index is 5.09. The van der Waals surface area contributed by atoms with E-state index in [2.05, 4.69) is 11.8 Å². The first kappa shape index (κ1) is 12.0. The largest absolute Gasteiger partial charge is 0.497 e. The summed E-state index contributed by atoms with van der Waals surface area (Å²) < 4.78 is 5.09. The third-order valence-corrected chi connectivity index (χ3v) is 2.47. The van der Waals surface area contributed by atoms with Crippen LogP contribution >= 0.6 is 0 Å². The summed E-state index contributed by atoms with van der Waals surface area (Å²) in [7, 11) is 1.66. The standard InChI is InChI=1S/C17H14O/c1-18-17-13-11-16(12-14-17)10-6-5-9-15-7-3-2-4-8-15/h2-5,7-9,11-14H,1H3. The highest BCUT2D eigenvalue weighted by atomic mass is 16.5. The van der Waals surface area contributed by atoms with E-state index in [9.17, 15) is 0 Å². The van der Waals surface area contributed by atoms with Gasteiger partial charge in [0.2, 0.25) is 0 Å². The molecule has 88 valence electrons. The van der Waals surface area contributed by atoms with Crippen molar-refractivity contribution < 1.29 is 4.74 Å². The van der Waals surface area contributed by atoms with Gasteiger partial charge in [0, 0.05) is 5.56 Å². The van der Waals surface area contributed by atoms with E-state index in [1.807, 2.05) is 66.7 Å². The zero-order valence-corrected chi connectivity index (χ0v) is 10.3. The Labute approximate surface area is 108 Å². The molecule has 1 heteroatoms. The average Bonchev–Trinajstić information content (AvgIpc) is 2.45. The van der Waals surface area contributed by atoms with Crippen molar-refractivity contribution in [1.82, 2.24) is 0 Å². The highest BCUT2D eigenvalue weighted by Gasteiger charge is 1.88. The number of hydrogen-bond acceptors (Lipinski definition) is 1. The molecule has 0 aliphatic carbocycles. The van der Waals surface area contributed by atoms with Crippen molar-refractivity contribution in [1.29, 1.82) is 0 Å². The normalized spacial score (nSPS) is 9.83. The second-order valence-corrected chi connectivity index (χ2v) is 3.74. The molecular formula is C17H14O. The summed E-state index contributed by atoms with van der Waals surface area (Å²) in [6, 6.07) is 17.8. The first-order chi connectivity index (χ1) is 8.88. The minimum Gasteiger partial charge on any atom is -0.497 e. The molecule has 0 N–H and O–H groups in total. The number of methoxy groups -OCH3 is 1. The minimum absolute atomic E-state index is 0.848. The van der Waals surface area contributed by atoms with Gasteiger partial charge in [-0.1, -0.05) is 42.2 Å². The predicted octanol–water partition coefficient (Wildman–Crippen LogP) is 3.76. The smallest absolute Gasteiger partial charge is 0.118 e. The van der Waals surface area contributed by atoms with Crippen LogP contribution in [0.1, 0.15) is 11.1 Å². The first-order valence-corrected chi connectivity index (χ1v) is 5.76. The maximum atomic E-state index is 5.09. The predicted molar refractivity (Wildman–Crippen MR) is 75.3 cm³/mol. The third-order valence-electron chi connectivity index (χ3n) is 2.47. The molecule has 0 saturated heterocycles. The average molecular weight is 234 g/mol. The van der Waals surface area contributed by atoms with Crippen LogP contribution in [0.5, 0.6) is 5.75 Å². The van der Waals surface area contributed by atoms with Gasteiger partial charge in [0.05, 0.1) is 7.11 Å². The number of benzene rings is 2. The van der Waals surface area contributed by atoms with Gasteiger partial charge in [0.25, 0.3) is 0 Å². The van der Waals surface area contributed by atoms with Gasteiger partial charge in [0.15, 0.2) is 0 Å². The van der Waals surface area contributed by atoms with E-state index in [1.54, 1.807) is 7.11 Å². The van der Waals surface area contributed by atoms with Gasteiger partial charge in [-0.15, -0.1) is 0 Å². The Hall–Kier alpha value is -2.46. The Kier molecular flexibility index (Phi) is 4.22. The number of ether oxygens (including phenoxy) is 1. The van der Waals surface area contributed by atoms with Crippen molar-refractivity contribution in [2.24, 2.45) is 0 Å². The summed E-state index contributed by atoms with van der Waals surface area (Å²) in [6.07, 6.45) is 3.86. The van der Waals surface area contributed by atoms with E-state index in [1.165, 1.54) is 0 Å². The van der Waals surface area contributed by atoms with Crippen molar-refractivity contribution in [2.45, 2.75) is 0 Å². The van der Waals surface area contributed by atoms with Crippen LogP contribution < -0.4 is 4.74 Å². The maximum Gasteiger partial charge on any atom is 0.118 e. The molecule has 0 atom stereocenters. The minimum atomic E-state index is 0.848. The molecule has 0 aliphatic heterocycles. The molecular weight excluding hydrogens is 220 g/mol. The molecule has 2 rings (SSSR count). The van der Waals surface area contributed by atoms with Crippen molar-refractivity contribution in [3.8, 4) is 17.6 Å². The molecule has 1 nitrogen and oxygen atoms in total. The van der Waals surface area contributed by atoms with Crippen LogP contribution in [0.25, 0.3) is 6.08 Å². The molecule has 18 heavy (non-hydrogen) atoms. The molecule has 0 heterocycles. The van der Waals surface area contributed by atoms with Crippen LogP contribution in [0, 0.1) is 11.8 Å². The molecule has 2 aromatic rings. The molecule has 0 aromatic heterocycles. The first-order valence-electron chi connectivity index (χ1n) is 5.76. The van der Waals surface area contributed by atoms with Crippen molar-refractivity contribution >= 4 is 6.08 Å². The fourth-order valence-corrected chi connectivity index (χ4v) is 1.50. The van der Waals surface area contributed by atoms with Gasteiger partial charge < -0.3 is 4.74 Å². The van der Waals surface area contributed by atoms with E-state index in [0.29, 0.717) is 0 Å². The summed E-state index contributed by atoms with van der Waals surface area (Å²) in [5.74, 6) is 6.94. The molecule has 0 radical (unpaired) electrons. The zero-order valence-electron chi connectivity index (χ0n) is 10.3. The van der Waals surface area contributed by atoms with Gasteiger partial charge in [-0.2, -0.15) is 0 Å². The Balaban J connectivity index is 2.01. The summed E-state index contributed by atoms with van der Waals surface area (Å²) in [5, 5.41) is 0. The topological polar surface area (TPSA) is 9.23 Å². The van der Waals surface area contributed by atoms with Gasteiger partial charge >= 0.3 is 0 Å². The highest BCUT2D eigenvalue weighted by molar-refractivity contribution is 5.53. The Morgan fingerprint density at radius 1 is 0.944 bits per heavy atom. The molecule has 0 aliphatic rings. The third kappa shape index (κ3) is 3.54. The van der Waals surface area contributed by atoms with Crippen LogP contribution in [0.15, 0.2) is 60.7 Å². The fourth-order valence-electron chi connectivity index (χ4n) is 1.50. The monoisotopic (exact) mass is 234 g/mol.